The van der Waals surface area contributed by atoms with E-state index in [0.29, 0.717) is 11.6 Å². The highest BCUT2D eigenvalue weighted by atomic mass is 35.5. The first-order valence-electron chi connectivity index (χ1n) is 6.07. The molecule has 0 amide bonds. The van der Waals surface area contributed by atoms with Gasteiger partial charge in [-0.1, -0.05) is 23.7 Å². The van der Waals surface area contributed by atoms with Gasteiger partial charge in [-0.2, -0.15) is 0 Å². The molecule has 3 nitrogen and oxygen atoms in total. The minimum Gasteiger partial charge on any atom is -0.387 e. The lowest BCUT2D eigenvalue weighted by Crippen LogP contribution is -2.24. The largest absolute Gasteiger partial charge is 0.387 e. The molecular weight excluding hydrogens is 280 g/mol. The first-order valence-corrected chi connectivity index (χ1v) is 7.33. The van der Waals surface area contributed by atoms with Crippen LogP contribution in [-0.2, 0) is 6.54 Å². The summed E-state index contributed by atoms with van der Waals surface area (Å²) in [7, 11) is 1.98. The van der Waals surface area contributed by atoms with Crippen molar-refractivity contribution in [2.45, 2.75) is 19.6 Å². The second-order valence-electron chi connectivity index (χ2n) is 4.65. The van der Waals surface area contributed by atoms with Crippen LogP contribution in [0.3, 0.4) is 0 Å². The van der Waals surface area contributed by atoms with Gasteiger partial charge in [-0.05, 0) is 31.7 Å². The van der Waals surface area contributed by atoms with Crippen molar-refractivity contribution in [1.82, 2.24) is 9.88 Å². The lowest BCUT2D eigenvalue weighted by atomic mass is 10.1. The summed E-state index contributed by atoms with van der Waals surface area (Å²) in [5.41, 5.74) is 1.93. The fraction of sp³-hybridized carbons (Fsp3) is 0.357. The maximum Gasteiger partial charge on any atom is 0.107 e. The Kier molecular flexibility index (Phi) is 4.93. The van der Waals surface area contributed by atoms with Gasteiger partial charge in [-0.25, -0.2) is 4.98 Å². The lowest BCUT2D eigenvalue weighted by molar-refractivity contribution is 0.124. The van der Waals surface area contributed by atoms with E-state index in [2.05, 4.69) is 9.88 Å². The molecule has 1 heterocycles. The maximum atomic E-state index is 10.2. The summed E-state index contributed by atoms with van der Waals surface area (Å²) < 4.78 is 0. The van der Waals surface area contributed by atoms with E-state index >= 15 is 0 Å². The van der Waals surface area contributed by atoms with Gasteiger partial charge in [0.25, 0.3) is 0 Å². The summed E-state index contributed by atoms with van der Waals surface area (Å²) in [6, 6.07) is 7.30. The van der Waals surface area contributed by atoms with Gasteiger partial charge in [0, 0.05) is 22.6 Å². The number of hydrogen-bond acceptors (Lipinski definition) is 4. The van der Waals surface area contributed by atoms with Crippen LogP contribution >= 0.6 is 22.9 Å². The Morgan fingerprint density at radius 2 is 2.05 bits per heavy atom. The molecule has 102 valence electrons. The second-order valence-corrected chi connectivity index (χ2v) is 6.03. The van der Waals surface area contributed by atoms with E-state index in [0.717, 1.165) is 22.8 Å². The molecule has 1 aromatic heterocycles. The Bertz CT molecular complexity index is 526. The molecule has 1 aromatic carbocycles. The number of aryl methyl sites for hydroxylation is 1. The van der Waals surface area contributed by atoms with Crippen LogP contribution < -0.4 is 0 Å². The molecule has 2 rings (SSSR count). The van der Waals surface area contributed by atoms with Crippen LogP contribution in [0.1, 0.15) is 22.4 Å². The number of nitrogens with zero attached hydrogens (tertiary/aromatic N) is 2. The number of thiazole rings is 1. The first kappa shape index (κ1) is 14.5. The van der Waals surface area contributed by atoms with Gasteiger partial charge in [-0.3, -0.25) is 4.90 Å². The third kappa shape index (κ3) is 4.28. The van der Waals surface area contributed by atoms with Gasteiger partial charge in [0.2, 0.25) is 0 Å². The third-order valence-electron chi connectivity index (χ3n) is 2.81. The van der Waals surface area contributed by atoms with Crippen molar-refractivity contribution in [3.8, 4) is 0 Å². The van der Waals surface area contributed by atoms with E-state index in [1.165, 1.54) is 0 Å². The number of halogens is 1. The predicted octanol–water partition coefficient (Wildman–Crippen LogP) is 3.27. The summed E-state index contributed by atoms with van der Waals surface area (Å²) in [4.78, 5) is 6.49. The van der Waals surface area contributed by atoms with E-state index in [-0.39, 0.29) is 0 Å². The van der Waals surface area contributed by atoms with Crippen LogP contribution in [0.4, 0.5) is 0 Å². The number of aromatic nitrogens is 1. The van der Waals surface area contributed by atoms with Crippen LogP contribution in [0.5, 0.6) is 0 Å². The predicted molar refractivity (Wildman–Crippen MR) is 79.6 cm³/mol. The molecule has 0 aliphatic heterocycles. The standard InChI is InChI=1S/C14H17ClN2OS/c1-10-9-19-14(16-10)8-17(2)7-13(18)11-3-5-12(15)6-4-11/h3-6,9,13,18H,7-8H2,1-2H3. The van der Waals surface area contributed by atoms with E-state index in [4.69, 9.17) is 11.6 Å². The fourth-order valence-electron chi connectivity index (χ4n) is 1.86. The molecule has 2 aromatic rings. The van der Waals surface area contributed by atoms with Crippen molar-refractivity contribution in [1.29, 1.82) is 0 Å². The van der Waals surface area contributed by atoms with Crippen LogP contribution in [0.15, 0.2) is 29.6 Å². The smallest absolute Gasteiger partial charge is 0.107 e. The highest BCUT2D eigenvalue weighted by Crippen LogP contribution is 2.18. The molecule has 0 radical (unpaired) electrons. The minimum absolute atomic E-state index is 0.511. The average molecular weight is 297 g/mol. The molecule has 1 atom stereocenters. The average Bonchev–Trinajstić information content (AvgIpc) is 2.75. The summed E-state index contributed by atoms with van der Waals surface area (Å²) in [5.74, 6) is 0. The van der Waals surface area contributed by atoms with Crippen LogP contribution in [0.2, 0.25) is 5.02 Å². The first-order chi connectivity index (χ1) is 9.04. The molecule has 5 heteroatoms. The third-order valence-corrected chi connectivity index (χ3v) is 4.01. The van der Waals surface area contributed by atoms with Crippen molar-refractivity contribution in [2.75, 3.05) is 13.6 Å². The molecule has 19 heavy (non-hydrogen) atoms. The van der Waals surface area contributed by atoms with Crippen molar-refractivity contribution < 1.29 is 5.11 Å². The second kappa shape index (κ2) is 6.48. The van der Waals surface area contributed by atoms with Gasteiger partial charge in [0.1, 0.15) is 5.01 Å². The Morgan fingerprint density at radius 1 is 1.37 bits per heavy atom. The number of hydrogen-bond donors (Lipinski definition) is 1. The maximum absolute atomic E-state index is 10.2. The highest BCUT2D eigenvalue weighted by molar-refractivity contribution is 7.09. The lowest BCUT2D eigenvalue weighted by Gasteiger charge is -2.19. The summed E-state index contributed by atoms with van der Waals surface area (Å²) in [5, 5.41) is 14.0. The Morgan fingerprint density at radius 3 is 2.63 bits per heavy atom. The number of rotatable bonds is 5. The topological polar surface area (TPSA) is 36.4 Å². The van der Waals surface area contributed by atoms with Crippen molar-refractivity contribution in [3.63, 3.8) is 0 Å². The molecule has 0 aliphatic rings. The number of benzene rings is 1. The molecular formula is C14H17ClN2OS. The molecule has 0 bridgehead atoms. The van der Waals surface area contributed by atoms with Crippen LogP contribution in [-0.4, -0.2) is 28.6 Å². The van der Waals surface area contributed by atoms with Gasteiger partial charge in [0.15, 0.2) is 0 Å². The summed E-state index contributed by atoms with van der Waals surface area (Å²) in [6.45, 7) is 3.31. The summed E-state index contributed by atoms with van der Waals surface area (Å²) in [6.07, 6.45) is -0.511. The van der Waals surface area contributed by atoms with E-state index in [9.17, 15) is 5.11 Å². The van der Waals surface area contributed by atoms with Gasteiger partial charge >= 0.3 is 0 Å². The van der Waals surface area contributed by atoms with Gasteiger partial charge in [0.05, 0.1) is 12.6 Å². The SMILES string of the molecule is Cc1csc(CN(C)CC(O)c2ccc(Cl)cc2)n1. The molecule has 0 aliphatic carbocycles. The quantitative estimate of drug-likeness (QED) is 0.920. The van der Waals surface area contributed by atoms with Gasteiger partial charge in [-0.15, -0.1) is 11.3 Å². The number of aliphatic hydroxyl groups is 1. The van der Waals surface area contributed by atoms with Crippen molar-refractivity contribution in [2.24, 2.45) is 0 Å². The van der Waals surface area contributed by atoms with Crippen molar-refractivity contribution in [3.05, 3.63) is 50.9 Å². The summed E-state index contributed by atoms with van der Waals surface area (Å²) >= 11 is 7.48. The Balaban J connectivity index is 1.91. The number of aliphatic hydroxyl groups excluding tert-OH is 1. The van der Waals surface area contributed by atoms with Crippen LogP contribution in [0, 0.1) is 6.92 Å². The zero-order chi connectivity index (χ0) is 13.8. The Labute approximate surface area is 122 Å². The van der Waals surface area contributed by atoms with Gasteiger partial charge < -0.3 is 5.11 Å². The van der Waals surface area contributed by atoms with E-state index < -0.39 is 6.10 Å². The van der Waals surface area contributed by atoms with E-state index in [1.54, 1.807) is 23.5 Å². The zero-order valence-electron chi connectivity index (χ0n) is 11.0. The molecule has 1 unspecified atom stereocenters. The zero-order valence-corrected chi connectivity index (χ0v) is 12.6. The molecule has 1 N–H and O–H groups in total. The molecule has 0 fully saturated rings. The number of likely N-dealkylation sites (N-methyl/N-ethyl adjacent to an activating group) is 1. The molecule has 0 saturated heterocycles. The molecule has 0 saturated carbocycles. The van der Waals surface area contributed by atoms with E-state index in [1.807, 2.05) is 31.5 Å². The van der Waals surface area contributed by atoms with Crippen LogP contribution in [0.25, 0.3) is 0 Å². The monoisotopic (exact) mass is 296 g/mol. The Hall–Kier alpha value is -0.940. The molecule has 0 spiro atoms. The normalized spacial score (nSPS) is 12.9. The highest BCUT2D eigenvalue weighted by Gasteiger charge is 2.12. The van der Waals surface area contributed by atoms with Crippen molar-refractivity contribution >= 4 is 22.9 Å². The minimum atomic E-state index is -0.511. The fourth-order valence-corrected chi connectivity index (χ4v) is 2.83.